The summed E-state index contributed by atoms with van der Waals surface area (Å²) in [5.41, 5.74) is 1.23. The minimum atomic E-state index is -0.817. The minimum absolute atomic E-state index is 0.0184. The van der Waals surface area contributed by atoms with Crippen LogP contribution in [0.15, 0.2) is 24.3 Å². The van der Waals surface area contributed by atoms with Crippen LogP contribution in [-0.4, -0.2) is 46.5 Å². The van der Waals surface area contributed by atoms with E-state index in [4.69, 9.17) is 4.74 Å². The number of hydrogen-bond donors (Lipinski definition) is 2. The molecule has 1 aromatic rings. The van der Waals surface area contributed by atoms with Gasteiger partial charge in [-0.05, 0) is 77.3 Å². The van der Waals surface area contributed by atoms with Gasteiger partial charge in [0.2, 0.25) is 11.8 Å². The molecule has 210 valence electrons. The Hall–Kier alpha value is -2.57. The van der Waals surface area contributed by atoms with Crippen molar-refractivity contribution in [2.24, 2.45) is 5.92 Å². The number of nitrogens with zero attached hydrogens (tertiary/aromatic N) is 1. The first-order chi connectivity index (χ1) is 17.2. The molecule has 3 amide bonds. The molecule has 4 unspecified atom stereocenters. The summed E-state index contributed by atoms with van der Waals surface area (Å²) in [7, 11) is 0. The zero-order valence-corrected chi connectivity index (χ0v) is 24.8. The van der Waals surface area contributed by atoms with Crippen molar-refractivity contribution in [3.8, 4) is 0 Å². The lowest BCUT2D eigenvalue weighted by molar-refractivity contribution is -0.145. The van der Waals surface area contributed by atoms with Crippen molar-refractivity contribution in [1.29, 1.82) is 0 Å². The van der Waals surface area contributed by atoms with Crippen LogP contribution in [0.2, 0.25) is 0 Å². The van der Waals surface area contributed by atoms with E-state index in [2.05, 4.69) is 24.5 Å². The van der Waals surface area contributed by atoms with E-state index in [0.29, 0.717) is 12.8 Å². The van der Waals surface area contributed by atoms with E-state index in [9.17, 15) is 14.4 Å². The van der Waals surface area contributed by atoms with Gasteiger partial charge in [0, 0.05) is 12.1 Å². The third kappa shape index (κ3) is 10.7. The number of carbonyl (C=O) groups excluding carboxylic acids is 3. The summed E-state index contributed by atoms with van der Waals surface area (Å²) in [5, 5.41) is 5.93. The number of benzene rings is 1. The van der Waals surface area contributed by atoms with Crippen LogP contribution < -0.4 is 10.6 Å². The lowest BCUT2D eigenvalue weighted by Crippen LogP contribution is -2.56. The number of rotatable bonds is 13. The highest BCUT2D eigenvalue weighted by molar-refractivity contribution is 5.92. The molecule has 4 atom stereocenters. The SMILES string of the molecule is CCCC(C)NC(=O)C(c1ccc(CC)cc1)N(C(=O)C(CC(C)C)NC(=O)OC(C)(C)C)C(C)CC. The molecule has 7 nitrogen and oxygen atoms in total. The lowest BCUT2D eigenvalue weighted by Gasteiger charge is -2.39. The van der Waals surface area contributed by atoms with E-state index < -0.39 is 23.8 Å². The highest BCUT2D eigenvalue weighted by Crippen LogP contribution is 2.28. The van der Waals surface area contributed by atoms with Crippen LogP contribution >= 0.6 is 0 Å². The van der Waals surface area contributed by atoms with E-state index in [1.54, 1.807) is 25.7 Å². The quantitative estimate of drug-likeness (QED) is 0.328. The Bertz CT molecular complexity index is 861. The molecule has 7 heteroatoms. The van der Waals surface area contributed by atoms with Crippen molar-refractivity contribution in [3.05, 3.63) is 35.4 Å². The third-order valence-corrected chi connectivity index (χ3v) is 6.36. The van der Waals surface area contributed by atoms with Gasteiger partial charge >= 0.3 is 6.09 Å². The van der Waals surface area contributed by atoms with Crippen molar-refractivity contribution in [2.75, 3.05) is 0 Å². The van der Waals surface area contributed by atoms with Crippen LogP contribution in [0.1, 0.15) is 112 Å². The van der Waals surface area contributed by atoms with E-state index in [1.807, 2.05) is 58.9 Å². The number of amides is 3. The standard InChI is InChI=1S/C30H51N3O4/c1-11-14-21(6)31-27(34)26(24-17-15-23(13-3)16-18-24)33(22(7)12-2)28(35)25(19-20(4)5)32-29(36)37-30(8,9)10/h15-18,20-22,25-26H,11-14,19H2,1-10H3,(H,31,34)(H,32,36). The number of aryl methyl sites for hydroxylation is 1. The molecule has 0 bridgehead atoms. The highest BCUT2D eigenvalue weighted by Gasteiger charge is 2.39. The smallest absolute Gasteiger partial charge is 0.408 e. The molecule has 0 heterocycles. The Morgan fingerprint density at radius 1 is 0.946 bits per heavy atom. The molecular weight excluding hydrogens is 466 g/mol. The van der Waals surface area contributed by atoms with Crippen molar-refractivity contribution in [1.82, 2.24) is 15.5 Å². The highest BCUT2D eigenvalue weighted by atomic mass is 16.6. The molecule has 0 spiro atoms. The second kappa shape index (κ2) is 15.0. The number of nitrogens with one attached hydrogen (secondary N) is 2. The molecule has 0 aliphatic heterocycles. The molecule has 0 fully saturated rings. The third-order valence-electron chi connectivity index (χ3n) is 6.36. The maximum atomic E-state index is 14.2. The average molecular weight is 518 g/mol. The van der Waals surface area contributed by atoms with Crippen LogP contribution in [0.5, 0.6) is 0 Å². The number of alkyl carbamates (subject to hydrolysis) is 1. The molecule has 1 rings (SSSR count). The van der Waals surface area contributed by atoms with Gasteiger partial charge in [0.1, 0.15) is 17.7 Å². The van der Waals surface area contributed by atoms with E-state index >= 15 is 0 Å². The van der Waals surface area contributed by atoms with E-state index in [-0.39, 0.29) is 29.8 Å². The minimum Gasteiger partial charge on any atom is -0.444 e. The molecule has 2 N–H and O–H groups in total. The molecule has 0 aliphatic rings. The predicted molar refractivity (Wildman–Crippen MR) is 150 cm³/mol. The maximum Gasteiger partial charge on any atom is 0.408 e. The zero-order valence-electron chi connectivity index (χ0n) is 24.8. The fraction of sp³-hybridized carbons (Fsp3) is 0.700. The predicted octanol–water partition coefficient (Wildman–Crippen LogP) is 6.16. The van der Waals surface area contributed by atoms with Gasteiger partial charge in [0.05, 0.1) is 0 Å². The fourth-order valence-corrected chi connectivity index (χ4v) is 4.32. The monoisotopic (exact) mass is 517 g/mol. The molecule has 0 saturated carbocycles. The van der Waals surface area contributed by atoms with Gasteiger partial charge in [-0.25, -0.2) is 4.79 Å². The number of hydrogen-bond acceptors (Lipinski definition) is 4. The summed E-state index contributed by atoms with van der Waals surface area (Å²) in [6, 6.07) is 6.01. The van der Waals surface area contributed by atoms with Gasteiger partial charge in [-0.3, -0.25) is 9.59 Å². The van der Waals surface area contributed by atoms with E-state index in [1.165, 1.54) is 0 Å². The van der Waals surface area contributed by atoms with Crippen LogP contribution in [0.3, 0.4) is 0 Å². The zero-order chi connectivity index (χ0) is 28.3. The van der Waals surface area contributed by atoms with Crippen LogP contribution in [0, 0.1) is 5.92 Å². The van der Waals surface area contributed by atoms with Crippen LogP contribution in [-0.2, 0) is 20.7 Å². The second-order valence-electron chi connectivity index (χ2n) is 11.5. The number of carbonyl (C=O) groups is 3. The maximum absolute atomic E-state index is 14.2. The molecule has 37 heavy (non-hydrogen) atoms. The van der Waals surface area contributed by atoms with Crippen molar-refractivity contribution in [2.45, 2.75) is 131 Å². The summed E-state index contributed by atoms with van der Waals surface area (Å²) < 4.78 is 5.46. The molecule has 0 saturated heterocycles. The largest absolute Gasteiger partial charge is 0.444 e. The van der Waals surface area contributed by atoms with Gasteiger partial charge < -0.3 is 20.3 Å². The molecule has 0 aromatic heterocycles. The summed E-state index contributed by atoms with van der Waals surface area (Å²) in [6.45, 7) is 19.5. The van der Waals surface area contributed by atoms with Gasteiger partial charge in [-0.15, -0.1) is 0 Å². The molecule has 0 aliphatic carbocycles. The molecule has 0 radical (unpaired) electrons. The Labute approximate surface area is 225 Å². The Morgan fingerprint density at radius 2 is 1.54 bits per heavy atom. The summed E-state index contributed by atoms with van der Waals surface area (Å²) in [4.78, 5) is 42.4. The Morgan fingerprint density at radius 3 is 2.00 bits per heavy atom. The van der Waals surface area contributed by atoms with Crippen molar-refractivity contribution in [3.63, 3.8) is 0 Å². The summed E-state index contributed by atoms with van der Waals surface area (Å²) in [6.07, 6.45) is 3.13. The number of ether oxygens (including phenoxy) is 1. The first-order valence-corrected chi connectivity index (χ1v) is 13.9. The average Bonchev–Trinajstić information content (AvgIpc) is 2.79. The van der Waals surface area contributed by atoms with Gasteiger partial charge in [-0.2, -0.15) is 0 Å². The normalized spacial score (nSPS) is 14.9. The van der Waals surface area contributed by atoms with Crippen LogP contribution in [0.25, 0.3) is 0 Å². The second-order valence-corrected chi connectivity index (χ2v) is 11.5. The van der Waals surface area contributed by atoms with Gasteiger partial charge in [-0.1, -0.05) is 65.3 Å². The van der Waals surface area contributed by atoms with Crippen molar-refractivity contribution < 1.29 is 19.1 Å². The lowest BCUT2D eigenvalue weighted by atomic mass is 9.96. The Kier molecular flexibility index (Phi) is 13.2. The van der Waals surface area contributed by atoms with Crippen molar-refractivity contribution >= 4 is 17.9 Å². The first kappa shape index (κ1) is 32.5. The van der Waals surface area contributed by atoms with Gasteiger partial charge in [0.25, 0.3) is 0 Å². The Balaban J connectivity index is 3.54. The van der Waals surface area contributed by atoms with Crippen LogP contribution in [0.4, 0.5) is 4.79 Å². The first-order valence-electron chi connectivity index (χ1n) is 13.9. The van der Waals surface area contributed by atoms with Gasteiger partial charge in [0.15, 0.2) is 0 Å². The molecule has 1 aromatic carbocycles. The fourth-order valence-electron chi connectivity index (χ4n) is 4.32. The van der Waals surface area contributed by atoms with E-state index in [0.717, 1.165) is 30.4 Å². The topological polar surface area (TPSA) is 87.7 Å². The molecular formula is C30H51N3O4. The summed E-state index contributed by atoms with van der Waals surface area (Å²) >= 11 is 0. The summed E-state index contributed by atoms with van der Waals surface area (Å²) in [5.74, 6) is -0.348.